The van der Waals surface area contributed by atoms with E-state index in [1.54, 1.807) is 30.6 Å². The molecular formula is C12H11ClN4S. The molecule has 4 nitrogen and oxygen atoms in total. The molecule has 0 amide bonds. The topological polar surface area (TPSA) is 75.7 Å². The zero-order valence-corrected chi connectivity index (χ0v) is 11.0. The minimum absolute atomic E-state index is 0.0162. The number of amidine groups is 1. The number of halogens is 1. The van der Waals surface area contributed by atoms with Gasteiger partial charge >= 0.3 is 0 Å². The van der Waals surface area contributed by atoms with Crippen LogP contribution in [-0.2, 0) is 5.75 Å². The van der Waals surface area contributed by atoms with Crippen molar-refractivity contribution in [3.05, 3.63) is 52.8 Å². The predicted octanol–water partition coefficient (Wildman–Crippen LogP) is 2.71. The lowest BCUT2D eigenvalue weighted by Crippen LogP contribution is -2.10. The van der Waals surface area contributed by atoms with Gasteiger partial charge in [-0.25, -0.2) is 9.97 Å². The molecule has 2 rings (SSSR count). The van der Waals surface area contributed by atoms with Crippen molar-refractivity contribution in [2.75, 3.05) is 0 Å². The Bertz CT molecular complexity index is 559. The first-order valence-corrected chi connectivity index (χ1v) is 6.56. The van der Waals surface area contributed by atoms with Gasteiger partial charge < -0.3 is 5.73 Å². The smallest absolute Gasteiger partial charge is 0.187 e. The molecule has 18 heavy (non-hydrogen) atoms. The number of hydrogen-bond acceptors (Lipinski definition) is 4. The first-order valence-electron chi connectivity index (χ1n) is 5.19. The molecule has 0 saturated carbocycles. The first kappa shape index (κ1) is 12.9. The molecule has 0 spiro atoms. The summed E-state index contributed by atoms with van der Waals surface area (Å²) in [6.07, 6.45) is 3.41. The standard InChI is InChI=1S/C12H11ClN4S/c13-10-6-8(11(14)15)2-3-9(10)7-18-12-16-4-1-5-17-12/h1-6H,7H2,(H3,14,15). The fourth-order valence-corrected chi connectivity index (χ4v) is 2.47. The number of aromatic nitrogens is 2. The molecule has 0 radical (unpaired) electrons. The van der Waals surface area contributed by atoms with Crippen LogP contribution in [0.2, 0.25) is 5.02 Å². The van der Waals surface area contributed by atoms with Crippen LogP contribution in [0.5, 0.6) is 0 Å². The van der Waals surface area contributed by atoms with Crippen molar-refractivity contribution in [1.29, 1.82) is 5.41 Å². The number of rotatable bonds is 4. The molecule has 0 aliphatic heterocycles. The zero-order valence-electron chi connectivity index (χ0n) is 9.43. The molecule has 1 aromatic carbocycles. The highest BCUT2D eigenvalue weighted by Crippen LogP contribution is 2.25. The number of benzene rings is 1. The Morgan fingerprint density at radius 2 is 2.06 bits per heavy atom. The molecule has 0 saturated heterocycles. The second kappa shape index (κ2) is 5.84. The maximum atomic E-state index is 7.33. The lowest BCUT2D eigenvalue weighted by Gasteiger charge is -2.05. The third kappa shape index (κ3) is 3.21. The summed E-state index contributed by atoms with van der Waals surface area (Å²) in [4.78, 5) is 8.25. The Labute approximate surface area is 114 Å². The van der Waals surface area contributed by atoms with Crippen LogP contribution in [0, 0.1) is 5.41 Å². The van der Waals surface area contributed by atoms with E-state index in [1.165, 1.54) is 11.8 Å². The van der Waals surface area contributed by atoms with Crippen LogP contribution in [0.15, 0.2) is 41.8 Å². The van der Waals surface area contributed by atoms with E-state index in [2.05, 4.69) is 9.97 Å². The third-order valence-electron chi connectivity index (χ3n) is 2.26. The molecule has 0 aliphatic carbocycles. The van der Waals surface area contributed by atoms with E-state index in [0.29, 0.717) is 21.5 Å². The van der Waals surface area contributed by atoms with Gasteiger partial charge in [-0.3, -0.25) is 5.41 Å². The summed E-state index contributed by atoms with van der Waals surface area (Å²) in [5, 5.41) is 8.65. The van der Waals surface area contributed by atoms with E-state index < -0.39 is 0 Å². The van der Waals surface area contributed by atoms with E-state index in [1.807, 2.05) is 6.07 Å². The summed E-state index contributed by atoms with van der Waals surface area (Å²) in [5.74, 6) is 0.698. The Kier molecular flexibility index (Phi) is 4.17. The van der Waals surface area contributed by atoms with Gasteiger partial charge in [0.15, 0.2) is 5.16 Å². The van der Waals surface area contributed by atoms with Crippen LogP contribution in [0.1, 0.15) is 11.1 Å². The number of thioether (sulfide) groups is 1. The summed E-state index contributed by atoms with van der Waals surface area (Å²) in [7, 11) is 0. The average Bonchev–Trinajstić information content (AvgIpc) is 2.38. The molecule has 0 unspecified atom stereocenters. The molecule has 92 valence electrons. The molecule has 6 heteroatoms. The normalized spacial score (nSPS) is 10.3. The van der Waals surface area contributed by atoms with Gasteiger partial charge in [0, 0.05) is 28.7 Å². The molecule has 0 bridgehead atoms. The molecule has 1 heterocycles. The molecular weight excluding hydrogens is 268 g/mol. The number of nitrogens with two attached hydrogens (primary N) is 1. The van der Waals surface area contributed by atoms with Crippen LogP contribution in [0.25, 0.3) is 0 Å². The Balaban J connectivity index is 2.08. The second-order valence-corrected chi connectivity index (χ2v) is 4.89. The number of nitrogens with zero attached hydrogens (tertiary/aromatic N) is 2. The third-order valence-corrected chi connectivity index (χ3v) is 3.54. The molecule has 3 N–H and O–H groups in total. The Morgan fingerprint density at radius 1 is 1.33 bits per heavy atom. The largest absolute Gasteiger partial charge is 0.384 e. The highest BCUT2D eigenvalue weighted by molar-refractivity contribution is 7.98. The highest BCUT2D eigenvalue weighted by Gasteiger charge is 2.05. The van der Waals surface area contributed by atoms with Crippen LogP contribution in [0.4, 0.5) is 0 Å². The minimum Gasteiger partial charge on any atom is -0.384 e. The van der Waals surface area contributed by atoms with Crippen LogP contribution in [0.3, 0.4) is 0 Å². The number of nitrogens with one attached hydrogen (secondary N) is 1. The molecule has 2 aromatic rings. The lowest BCUT2D eigenvalue weighted by molar-refractivity contribution is 0.966. The van der Waals surface area contributed by atoms with Gasteiger partial charge in [0.05, 0.1) is 0 Å². The quantitative estimate of drug-likeness (QED) is 0.390. The monoisotopic (exact) mass is 278 g/mol. The molecule has 0 atom stereocenters. The van der Waals surface area contributed by atoms with Gasteiger partial charge in [0.25, 0.3) is 0 Å². The van der Waals surface area contributed by atoms with Crippen molar-refractivity contribution >= 4 is 29.2 Å². The summed E-state index contributed by atoms with van der Waals surface area (Å²) in [5.41, 5.74) is 7.00. The summed E-state index contributed by atoms with van der Waals surface area (Å²) in [6.45, 7) is 0. The number of hydrogen-bond donors (Lipinski definition) is 2. The number of nitrogen functional groups attached to an aromatic ring is 1. The molecule has 1 aromatic heterocycles. The summed E-state index contributed by atoms with van der Waals surface area (Å²) < 4.78 is 0. The van der Waals surface area contributed by atoms with Crippen molar-refractivity contribution < 1.29 is 0 Å². The average molecular weight is 279 g/mol. The van der Waals surface area contributed by atoms with Crippen LogP contribution in [-0.4, -0.2) is 15.8 Å². The summed E-state index contributed by atoms with van der Waals surface area (Å²) >= 11 is 7.64. The maximum absolute atomic E-state index is 7.33. The Hall–Kier alpha value is -1.59. The van der Waals surface area contributed by atoms with Crippen molar-refractivity contribution in [2.45, 2.75) is 10.9 Å². The van der Waals surface area contributed by atoms with E-state index in [4.69, 9.17) is 22.7 Å². The van der Waals surface area contributed by atoms with Crippen LogP contribution >= 0.6 is 23.4 Å². The van der Waals surface area contributed by atoms with Gasteiger partial charge in [-0.15, -0.1) is 0 Å². The second-order valence-electron chi connectivity index (χ2n) is 3.54. The molecule has 0 aliphatic rings. The van der Waals surface area contributed by atoms with Gasteiger partial charge in [-0.05, 0) is 17.7 Å². The Morgan fingerprint density at radius 3 is 2.67 bits per heavy atom. The van der Waals surface area contributed by atoms with Gasteiger partial charge in [-0.1, -0.05) is 35.5 Å². The fourth-order valence-electron chi connectivity index (χ4n) is 1.33. The van der Waals surface area contributed by atoms with E-state index in [0.717, 1.165) is 5.56 Å². The van der Waals surface area contributed by atoms with E-state index in [9.17, 15) is 0 Å². The molecule has 0 fully saturated rings. The highest BCUT2D eigenvalue weighted by atomic mass is 35.5. The zero-order chi connectivity index (χ0) is 13.0. The minimum atomic E-state index is 0.0162. The van der Waals surface area contributed by atoms with Crippen molar-refractivity contribution in [1.82, 2.24) is 9.97 Å². The van der Waals surface area contributed by atoms with Crippen molar-refractivity contribution in [3.8, 4) is 0 Å². The lowest BCUT2D eigenvalue weighted by atomic mass is 10.1. The van der Waals surface area contributed by atoms with Crippen molar-refractivity contribution in [3.63, 3.8) is 0 Å². The van der Waals surface area contributed by atoms with Gasteiger partial charge in [-0.2, -0.15) is 0 Å². The van der Waals surface area contributed by atoms with Crippen molar-refractivity contribution in [2.24, 2.45) is 5.73 Å². The SMILES string of the molecule is N=C(N)c1ccc(CSc2ncccn2)c(Cl)c1. The van der Waals surface area contributed by atoms with E-state index in [-0.39, 0.29) is 5.84 Å². The predicted molar refractivity (Wildman–Crippen MR) is 74.1 cm³/mol. The fraction of sp³-hybridized carbons (Fsp3) is 0.0833. The first-order chi connectivity index (χ1) is 8.66. The maximum Gasteiger partial charge on any atom is 0.187 e. The summed E-state index contributed by atoms with van der Waals surface area (Å²) in [6, 6.07) is 7.13. The van der Waals surface area contributed by atoms with Crippen LogP contribution < -0.4 is 5.73 Å². The van der Waals surface area contributed by atoms with E-state index >= 15 is 0 Å². The van der Waals surface area contributed by atoms with Gasteiger partial charge in [0.2, 0.25) is 0 Å². The van der Waals surface area contributed by atoms with Gasteiger partial charge in [0.1, 0.15) is 5.84 Å².